The van der Waals surface area contributed by atoms with Crippen molar-refractivity contribution < 1.29 is 27.1 Å². The maximum absolute atomic E-state index is 13.9. The average molecular weight is 687 g/mol. The lowest BCUT2D eigenvalue weighted by molar-refractivity contribution is -0.142. The highest BCUT2D eigenvalue weighted by atomic mass is 35.5. The van der Waals surface area contributed by atoms with Gasteiger partial charge in [0.15, 0.2) is 6.61 Å². The van der Waals surface area contributed by atoms with Crippen LogP contribution in [0, 0.1) is 5.82 Å². The molecule has 48 heavy (non-hydrogen) atoms. The van der Waals surface area contributed by atoms with Crippen molar-refractivity contribution in [2.24, 2.45) is 0 Å². The van der Waals surface area contributed by atoms with Crippen molar-refractivity contribution in [3.05, 3.63) is 155 Å². The molecule has 0 unspecified atom stereocenters. The standard InChI is InChI=1S/C36H32ClFN4O5S/c37-28-11-9-27(10-12-28)24-42(34(22-26-6-2-1-3-7-26)36(44)40-23-31-8-4-5-21-39-31)35(43)25-47-32-17-19-33(20-18-32)48(45,46)41-30-15-13-29(38)14-16-30/h1-21,34,41H,22-25H2,(H,40,44)/t34-/m0/s1. The summed E-state index contributed by atoms with van der Waals surface area (Å²) in [5, 5.41) is 3.46. The minimum absolute atomic E-state index is 0.0534. The van der Waals surface area contributed by atoms with Crippen molar-refractivity contribution in [3.63, 3.8) is 0 Å². The van der Waals surface area contributed by atoms with E-state index in [2.05, 4.69) is 15.0 Å². The minimum atomic E-state index is -3.96. The Kier molecular flexibility index (Phi) is 11.4. The van der Waals surface area contributed by atoms with Crippen LogP contribution in [-0.2, 0) is 39.1 Å². The van der Waals surface area contributed by atoms with Crippen molar-refractivity contribution in [3.8, 4) is 5.75 Å². The lowest BCUT2D eigenvalue weighted by Crippen LogP contribution is -2.51. The molecule has 2 N–H and O–H groups in total. The topological polar surface area (TPSA) is 118 Å². The molecule has 5 aromatic rings. The number of rotatable bonds is 14. The Morgan fingerprint density at radius 3 is 2.19 bits per heavy atom. The number of hydrogen-bond acceptors (Lipinski definition) is 6. The molecule has 2 amide bonds. The third kappa shape index (κ3) is 9.63. The monoisotopic (exact) mass is 686 g/mol. The fraction of sp³-hybridized carbons (Fsp3) is 0.139. The van der Waals surface area contributed by atoms with Crippen LogP contribution in [0.3, 0.4) is 0 Å². The molecule has 0 saturated heterocycles. The molecule has 5 rings (SSSR count). The normalized spacial score (nSPS) is 11.7. The van der Waals surface area contributed by atoms with Crippen molar-refractivity contribution >= 4 is 39.1 Å². The number of nitrogens with one attached hydrogen (secondary N) is 2. The van der Waals surface area contributed by atoms with Gasteiger partial charge in [0.05, 0.1) is 17.1 Å². The molecule has 0 aliphatic heterocycles. The van der Waals surface area contributed by atoms with E-state index in [1.165, 1.54) is 41.3 Å². The van der Waals surface area contributed by atoms with Crippen LogP contribution in [0.5, 0.6) is 5.75 Å². The summed E-state index contributed by atoms with van der Waals surface area (Å²) < 4.78 is 47.1. The van der Waals surface area contributed by atoms with Crippen LogP contribution in [0.15, 0.2) is 132 Å². The smallest absolute Gasteiger partial charge is 0.261 e. The average Bonchev–Trinajstić information content (AvgIpc) is 3.10. The Labute approximate surface area is 283 Å². The number of carbonyl (C=O) groups excluding carboxylic acids is 2. The number of anilines is 1. The van der Waals surface area contributed by atoms with Gasteiger partial charge in [-0.1, -0.05) is 60.1 Å². The number of ether oxygens (including phenoxy) is 1. The van der Waals surface area contributed by atoms with E-state index in [0.717, 1.165) is 23.3 Å². The Morgan fingerprint density at radius 2 is 1.52 bits per heavy atom. The summed E-state index contributed by atoms with van der Waals surface area (Å²) in [4.78, 5) is 33.4. The molecule has 0 aliphatic rings. The van der Waals surface area contributed by atoms with Gasteiger partial charge in [0, 0.05) is 29.9 Å². The number of hydrogen-bond donors (Lipinski definition) is 2. The third-order valence-corrected chi connectivity index (χ3v) is 8.95. The van der Waals surface area contributed by atoms with Gasteiger partial charge in [-0.2, -0.15) is 0 Å². The maximum Gasteiger partial charge on any atom is 0.261 e. The lowest BCUT2D eigenvalue weighted by atomic mass is 10.0. The van der Waals surface area contributed by atoms with Gasteiger partial charge in [0.1, 0.15) is 17.6 Å². The summed E-state index contributed by atoms with van der Waals surface area (Å²) in [6.07, 6.45) is 1.88. The summed E-state index contributed by atoms with van der Waals surface area (Å²) in [5.74, 6) is -1.07. The van der Waals surface area contributed by atoms with E-state index >= 15 is 0 Å². The van der Waals surface area contributed by atoms with E-state index in [0.29, 0.717) is 10.7 Å². The number of aromatic nitrogens is 1. The highest BCUT2D eigenvalue weighted by molar-refractivity contribution is 7.92. The second-order valence-electron chi connectivity index (χ2n) is 10.8. The lowest BCUT2D eigenvalue weighted by Gasteiger charge is -2.31. The zero-order valence-electron chi connectivity index (χ0n) is 25.6. The first-order chi connectivity index (χ1) is 23.2. The molecule has 0 bridgehead atoms. The van der Waals surface area contributed by atoms with Crippen LogP contribution in [-0.4, -0.2) is 42.8 Å². The molecule has 0 saturated carbocycles. The molecule has 0 radical (unpaired) electrons. The van der Waals surface area contributed by atoms with Gasteiger partial charge in [-0.15, -0.1) is 0 Å². The number of pyridine rings is 1. The number of benzene rings is 4. The van der Waals surface area contributed by atoms with E-state index < -0.39 is 34.4 Å². The molecule has 246 valence electrons. The number of nitrogens with zero attached hydrogens (tertiary/aromatic N) is 2. The first-order valence-electron chi connectivity index (χ1n) is 14.9. The van der Waals surface area contributed by atoms with Crippen molar-refractivity contribution in [2.45, 2.75) is 30.4 Å². The molecule has 1 heterocycles. The first kappa shape index (κ1) is 34.1. The van der Waals surface area contributed by atoms with Crippen molar-refractivity contribution in [2.75, 3.05) is 11.3 Å². The quantitative estimate of drug-likeness (QED) is 0.148. The molecule has 12 heteroatoms. The van der Waals surface area contributed by atoms with Gasteiger partial charge in [0.2, 0.25) is 5.91 Å². The minimum Gasteiger partial charge on any atom is -0.484 e. The summed E-state index contributed by atoms with van der Waals surface area (Å²) in [6, 6.07) is 31.3. The summed E-state index contributed by atoms with van der Waals surface area (Å²) in [6.45, 7) is -0.151. The SMILES string of the molecule is O=C(NCc1ccccn1)[C@H](Cc1ccccc1)N(Cc1ccc(Cl)cc1)C(=O)COc1ccc(S(=O)(=O)Nc2ccc(F)cc2)cc1. The van der Waals surface area contributed by atoms with E-state index in [4.69, 9.17) is 16.3 Å². The molecule has 0 spiro atoms. The van der Waals surface area contributed by atoms with Crippen LogP contribution in [0.1, 0.15) is 16.8 Å². The van der Waals surface area contributed by atoms with Crippen LogP contribution in [0.2, 0.25) is 5.02 Å². The van der Waals surface area contributed by atoms with Crippen molar-refractivity contribution in [1.29, 1.82) is 0 Å². The number of sulfonamides is 1. The Bertz CT molecular complexity index is 1910. The Morgan fingerprint density at radius 1 is 0.833 bits per heavy atom. The van der Waals surface area contributed by atoms with Crippen LogP contribution >= 0.6 is 11.6 Å². The van der Waals surface area contributed by atoms with Gasteiger partial charge < -0.3 is 15.0 Å². The molecule has 0 aliphatic carbocycles. The van der Waals surface area contributed by atoms with E-state index in [9.17, 15) is 22.4 Å². The number of carbonyl (C=O) groups is 2. The predicted molar refractivity (Wildman–Crippen MR) is 181 cm³/mol. The Hall–Kier alpha value is -5.26. The molecular weight excluding hydrogens is 655 g/mol. The zero-order chi connectivity index (χ0) is 33.9. The second kappa shape index (κ2) is 16.0. The van der Waals surface area contributed by atoms with Gasteiger partial charge >= 0.3 is 0 Å². The first-order valence-corrected chi connectivity index (χ1v) is 16.8. The van der Waals surface area contributed by atoms with Crippen LogP contribution in [0.25, 0.3) is 0 Å². The molecule has 1 aromatic heterocycles. The van der Waals surface area contributed by atoms with Crippen molar-refractivity contribution in [1.82, 2.24) is 15.2 Å². The van der Waals surface area contributed by atoms with Gasteiger partial charge in [-0.25, -0.2) is 12.8 Å². The summed E-state index contributed by atoms with van der Waals surface area (Å²) in [7, 11) is -3.96. The molecular formula is C36H32ClFN4O5S. The maximum atomic E-state index is 13.9. The van der Waals surface area contributed by atoms with E-state index in [1.807, 2.05) is 36.4 Å². The summed E-state index contributed by atoms with van der Waals surface area (Å²) in [5.41, 5.74) is 2.49. The highest BCUT2D eigenvalue weighted by Gasteiger charge is 2.31. The van der Waals surface area contributed by atoms with E-state index in [-0.39, 0.29) is 41.7 Å². The molecule has 9 nitrogen and oxygen atoms in total. The zero-order valence-corrected chi connectivity index (χ0v) is 27.2. The fourth-order valence-corrected chi connectivity index (χ4v) is 6.00. The number of amides is 2. The van der Waals surface area contributed by atoms with Gasteiger partial charge in [0.25, 0.3) is 15.9 Å². The van der Waals surface area contributed by atoms with Crippen LogP contribution in [0.4, 0.5) is 10.1 Å². The molecule has 0 fully saturated rings. The van der Waals surface area contributed by atoms with Crippen LogP contribution < -0.4 is 14.8 Å². The fourth-order valence-electron chi connectivity index (χ4n) is 4.81. The Balaban J connectivity index is 1.34. The van der Waals surface area contributed by atoms with Gasteiger partial charge in [-0.05, 0) is 83.9 Å². The highest BCUT2D eigenvalue weighted by Crippen LogP contribution is 2.21. The number of halogens is 2. The van der Waals surface area contributed by atoms with E-state index in [1.54, 1.807) is 42.6 Å². The molecule has 4 aromatic carbocycles. The third-order valence-electron chi connectivity index (χ3n) is 7.30. The van der Waals surface area contributed by atoms with Gasteiger partial charge in [-0.3, -0.25) is 19.3 Å². The summed E-state index contributed by atoms with van der Waals surface area (Å²) >= 11 is 6.11. The predicted octanol–water partition coefficient (Wildman–Crippen LogP) is 6.01. The molecule has 1 atom stereocenters. The second-order valence-corrected chi connectivity index (χ2v) is 12.9. The largest absolute Gasteiger partial charge is 0.484 e.